The second-order valence-corrected chi connectivity index (χ2v) is 4.40. The molecule has 0 aliphatic rings. The number of hydrogen-bond acceptors (Lipinski definition) is 2. The first-order chi connectivity index (χ1) is 8.17. The Morgan fingerprint density at radius 2 is 2.00 bits per heavy atom. The molecule has 96 valence electrons. The van der Waals surface area contributed by atoms with E-state index in [1.807, 2.05) is 6.07 Å². The number of halogens is 1. The molecule has 1 unspecified atom stereocenters. The SMILES string of the molecule is CCC(CC)C(O)CNCc1cccc(F)c1. The standard InChI is InChI=1S/C14H22FNO/c1-3-12(4-2)14(17)10-16-9-11-6-5-7-13(15)8-11/h5-8,12,14,16-17H,3-4,9-10H2,1-2H3. The second-order valence-electron chi connectivity index (χ2n) is 4.40. The maximum Gasteiger partial charge on any atom is 0.123 e. The van der Waals surface area contributed by atoms with E-state index < -0.39 is 0 Å². The van der Waals surface area contributed by atoms with Gasteiger partial charge in [0.25, 0.3) is 0 Å². The van der Waals surface area contributed by atoms with Crippen molar-refractivity contribution in [1.29, 1.82) is 0 Å². The summed E-state index contributed by atoms with van der Waals surface area (Å²) >= 11 is 0. The normalized spacial score (nSPS) is 13.0. The van der Waals surface area contributed by atoms with Crippen LogP contribution < -0.4 is 5.32 Å². The smallest absolute Gasteiger partial charge is 0.123 e. The summed E-state index contributed by atoms with van der Waals surface area (Å²) in [4.78, 5) is 0. The minimum Gasteiger partial charge on any atom is -0.392 e. The highest BCUT2D eigenvalue weighted by Gasteiger charge is 2.14. The molecule has 0 spiro atoms. The summed E-state index contributed by atoms with van der Waals surface area (Å²) in [6.45, 7) is 5.33. The van der Waals surface area contributed by atoms with Crippen molar-refractivity contribution < 1.29 is 9.50 Å². The van der Waals surface area contributed by atoms with Crippen molar-refractivity contribution in [3.63, 3.8) is 0 Å². The summed E-state index contributed by atoms with van der Waals surface area (Å²) in [5, 5.41) is 13.1. The largest absolute Gasteiger partial charge is 0.392 e. The Bertz CT molecular complexity index is 326. The van der Waals surface area contributed by atoms with Gasteiger partial charge >= 0.3 is 0 Å². The molecule has 1 atom stereocenters. The van der Waals surface area contributed by atoms with Crippen molar-refractivity contribution >= 4 is 0 Å². The topological polar surface area (TPSA) is 32.3 Å². The van der Waals surface area contributed by atoms with Gasteiger partial charge in [-0.05, 0) is 23.6 Å². The minimum atomic E-state index is -0.321. The molecule has 0 aliphatic carbocycles. The van der Waals surface area contributed by atoms with Gasteiger partial charge in [-0.2, -0.15) is 0 Å². The molecule has 0 amide bonds. The fraction of sp³-hybridized carbons (Fsp3) is 0.571. The lowest BCUT2D eigenvalue weighted by atomic mass is 9.96. The summed E-state index contributed by atoms with van der Waals surface area (Å²) in [5.74, 6) is 0.125. The van der Waals surface area contributed by atoms with E-state index in [0.717, 1.165) is 18.4 Å². The van der Waals surface area contributed by atoms with Crippen molar-refractivity contribution in [3.8, 4) is 0 Å². The summed E-state index contributed by atoms with van der Waals surface area (Å²) in [6.07, 6.45) is 1.65. The highest BCUT2D eigenvalue weighted by Crippen LogP contribution is 2.12. The summed E-state index contributed by atoms with van der Waals surface area (Å²) in [7, 11) is 0. The molecule has 0 heterocycles. The lowest BCUT2D eigenvalue weighted by Gasteiger charge is -2.20. The zero-order valence-electron chi connectivity index (χ0n) is 10.6. The summed E-state index contributed by atoms with van der Waals surface area (Å²) in [6, 6.07) is 6.52. The third-order valence-electron chi connectivity index (χ3n) is 3.16. The Kier molecular flexibility index (Phi) is 6.16. The van der Waals surface area contributed by atoms with Crippen LogP contribution in [0.4, 0.5) is 4.39 Å². The highest BCUT2D eigenvalue weighted by atomic mass is 19.1. The van der Waals surface area contributed by atoms with Gasteiger partial charge in [0.1, 0.15) is 5.82 Å². The third-order valence-corrected chi connectivity index (χ3v) is 3.16. The Morgan fingerprint density at radius 1 is 1.29 bits per heavy atom. The quantitative estimate of drug-likeness (QED) is 0.767. The van der Waals surface area contributed by atoms with E-state index in [2.05, 4.69) is 19.2 Å². The maximum absolute atomic E-state index is 12.9. The number of aliphatic hydroxyl groups excluding tert-OH is 1. The van der Waals surface area contributed by atoms with E-state index in [0.29, 0.717) is 19.0 Å². The van der Waals surface area contributed by atoms with Gasteiger partial charge in [-0.25, -0.2) is 4.39 Å². The predicted octanol–water partition coefficient (Wildman–Crippen LogP) is 2.71. The molecule has 2 N–H and O–H groups in total. The van der Waals surface area contributed by atoms with Crippen molar-refractivity contribution in [2.45, 2.75) is 39.3 Å². The van der Waals surface area contributed by atoms with Gasteiger partial charge in [0.05, 0.1) is 6.10 Å². The number of benzene rings is 1. The molecule has 2 nitrogen and oxygen atoms in total. The van der Waals surface area contributed by atoms with Gasteiger partial charge in [0.15, 0.2) is 0 Å². The van der Waals surface area contributed by atoms with Crippen LogP contribution in [-0.4, -0.2) is 17.8 Å². The molecule has 0 bridgehead atoms. The molecule has 0 saturated carbocycles. The molecule has 0 radical (unpaired) electrons. The Balaban J connectivity index is 2.32. The lowest BCUT2D eigenvalue weighted by molar-refractivity contribution is 0.101. The fourth-order valence-electron chi connectivity index (χ4n) is 2.01. The summed E-state index contributed by atoms with van der Waals surface area (Å²) < 4.78 is 12.9. The molecule has 0 fully saturated rings. The number of nitrogens with one attached hydrogen (secondary N) is 1. The number of aliphatic hydroxyl groups is 1. The van der Waals surface area contributed by atoms with Crippen molar-refractivity contribution in [3.05, 3.63) is 35.6 Å². The molecule has 0 aliphatic heterocycles. The first-order valence-electron chi connectivity index (χ1n) is 6.30. The van der Waals surface area contributed by atoms with Crippen molar-refractivity contribution in [1.82, 2.24) is 5.32 Å². The first-order valence-corrected chi connectivity index (χ1v) is 6.30. The molecule has 3 heteroatoms. The average Bonchev–Trinajstić information content (AvgIpc) is 2.30. The highest BCUT2D eigenvalue weighted by molar-refractivity contribution is 5.15. The van der Waals surface area contributed by atoms with Crippen LogP contribution in [0, 0.1) is 11.7 Å². The number of hydrogen-bond donors (Lipinski definition) is 2. The second kappa shape index (κ2) is 7.41. The van der Waals surface area contributed by atoms with Crippen LogP contribution >= 0.6 is 0 Å². The van der Waals surface area contributed by atoms with Crippen LogP contribution in [0.25, 0.3) is 0 Å². The molecular formula is C14H22FNO. The van der Waals surface area contributed by atoms with E-state index in [1.54, 1.807) is 6.07 Å². The molecule has 17 heavy (non-hydrogen) atoms. The Labute approximate surface area is 103 Å². The van der Waals surface area contributed by atoms with E-state index in [9.17, 15) is 9.50 Å². The Hall–Kier alpha value is -0.930. The van der Waals surface area contributed by atoms with Crippen LogP contribution in [-0.2, 0) is 6.54 Å². The Morgan fingerprint density at radius 3 is 2.59 bits per heavy atom. The molecule has 0 aromatic heterocycles. The van der Waals surface area contributed by atoms with Gasteiger partial charge in [-0.1, -0.05) is 38.8 Å². The summed E-state index contributed by atoms with van der Waals surface area (Å²) in [5.41, 5.74) is 0.904. The van der Waals surface area contributed by atoms with Gasteiger partial charge in [0, 0.05) is 13.1 Å². The van der Waals surface area contributed by atoms with Crippen molar-refractivity contribution in [2.24, 2.45) is 5.92 Å². The van der Waals surface area contributed by atoms with E-state index in [1.165, 1.54) is 12.1 Å². The third kappa shape index (κ3) is 4.84. The molecule has 1 rings (SSSR count). The van der Waals surface area contributed by atoms with Gasteiger partial charge in [-0.3, -0.25) is 0 Å². The molecular weight excluding hydrogens is 217 g/mol. The van der Waals surface area contributed by atoms with Crippen LogP contribution in [0.2, 0.25) is 0 Å². The van der Waals surface area contributed by atoms with E-state index in [4.69, 9.17) is 0 Å². The molecule has 1 aromatic carbocycles. The van der Waals surface area contributed by atoms with Crippen LogP contribution in [0.3, 0.4) is 0 Å². The average molecular weight is 239 g/mol. The van der Waals surface area contributed by atoms with Crippen LogP contribution in [0.1, 0.15) is 32.3 Å². The van der Waals surface area contributed by atoms with Gasteiger partial charge < -0.3 is 10.4 Å². The van der Waals surface area contributed by atoms with E-state index >= 15 is 0 Å². The fourth-order valence-corrected chi connectivity index (χ4v) is 2.01. The van der Waals surface area contributed by atoms with E-state index in [-0.39, 0.29) is 11.9 Å². The molecule has 1 aromatic rings. The first kappa shape index (κ1) is 14.1. The maximum atomic E-state index is 12.9. The van der Waals surface area contributed by atoms with Crippen LogP contribution in [0.5, 0.6) is 0 Å². The zero-order chi connectivity index (χ0) is 12.7. The molecule has 0 saturated heterocycles. The number of rotatable bonds is 7. The minimum absolute atomic E-state index is 0.218. The van der Waals surface area contributed by atoms with Gasteiger partial charge in [0.2, 0.25) is 0 Å². The monoisotopic (exact) mass is 239 g/mol. The van der Waals surface area contributed by atoms with Gasteiger partial charge in [-0.15, -0.1) is 0 Å². The van der Waals surface area contributed by atoms with Crippen molar-refractivity contribution in [2.75, 3.05) is 6.54 Å². The predicted molar refractivity (Wildman–Crippen MR) is 68.2 cm³/mol. The zero-order valence-corrected chi connectivity index (χ0v) is 10.6. The lowest BCUT2D eigenvalue weighted by Crippen LogP contribution is -2.32. The van der Waals surface area contributed by atoms with Crippen LogP contribution in [0.15, 0.2) is 24.3 Å².